The van der Waals surface area contributed by atoms with E-state index in [0.29, 0.717) is 11.5 Å². The lowest BCUT2D eigenvalue weighted by Crippen LogP contribution is -2.48. The summed E-state index contributed by atoms with van der Waals surface area (Å²) in [6.07, 6.45) is 2.21. The van der Waals surface area contributed by atoms with Crippen molar-refractivity contribution in [1.82, 2.24) is 4.90 Å². The molecule has 2 rings (SSSR count). The summed E-state index contributed by atoms with van der Waals surface area (Å²) in [5.41, 5.74) is 1.91. The zero-order chi connectivity index (χ0) is 15.2. The molecule has 3 nitrogen and oxygen atoms in total. The summed E-state index contributed by atoms with van der Waals surface area (Å²) < 4.78 is 0. The van der Waals surface area contributed by atoms with Crippen molar-refractivity contribution in [2.24, 2.45) is 5.92 Å². The minimum atomic E-state index is 0.711. The van der Waals surface area contributed by atoms with E-state index in [2.05, 4.69) is 29.7 Å². The molecule has 1 aliphatic heterocycles. The maximum absolute atomic E-state index is 8.84. The molecule has 1 aromatic carbocycles. The largest absolute Gasteiger partial charge is 0.368 e. The maximum Gasteiger partial charge on any atom is 0.0991 e. The Morgan fingerprint density at radius 2 is 1.81 bits per heavy atom. The van der Waals surface area contributed by atoms with Gasteiger partial charge < -0.3 is 9.80 Å². The summed E-state index contributed by atoms with van der Waals surface area (Å²) in [6, 6.07) is 9.99. The van der Waals surface area contributed by atoms with Gasteiger partial charge in [-0.1, -0.05) is 26.1 Å². The van der Waals surface area contributed by atoms with E-state index in [-0.39, 0.29) is 0 Å². The van der Waals surface area contributed by atoms with Gasteiger partial charge >= 0.3 is 0 Å². The SMILES string of the molecule is CC(C)CCC(=S)N1CCN(c2ccc(C#N)cc2)CC1. The third-order valence-electron chi connectivity index (χ3n) is 3.93. The molecule has 1 aromatic rings. The molecule has 0 amide bonds. The predicted octanol–water partition coefficient (Wildman–Crippen LogP) is 3.44. The van der Waals surface area contributed by atoms with Crippen LogP contribution in [0.3, 0.4) is 0 Å². The minimum absolute atomic E-state index is 0.711. The van der Waals surface area contributed by atoms with E-state index in [4.69, 9.17) is 17.5 Å². The molecule has 0 N–H and O–H groups in total. The highest BCUT2D eigenvalue weighted by atomic mass is 32.1. The van der Waals surface area contributed by atoms with Crippen LogP contribution in [0.2, 0.25) is 0 Å². The van der Waals surface area contributed by atoms with Crippen LogP contribution in [0, 0.1) is 17.2 Å². The van der Waals surface area contributed by atoms with Gasteiger partial charge in [0.1, 0.15) is 0 Å². The number of benzene rings is 1. The molecule has 112 valence electrons. The van der Waals surface area contributed by atoms with E-state index in [1.54, 1.807) is 0 Å². The second-order valence-electron chi connectivity index (χ2n) is 5.96. The first-order valence-electron chi connectivity index (χ1n) is 7.63. The van der Waals surface area contributed by atoms with Gasteiger partial charge in [0.15, 0.2) is 0 Å². The van der Waals surface area contributed by atoms with Crippen molar-refractivity contribution in [3.05, 3.63) is 29.8 Å². The van der Waals surface area contributed by atoms with Crippen molar-refractivity contribution >= 4 is 22.9 Å². The van der Waals surface area contributed by atoms with Gasteiger partial charge in [-0.15, -0.1) is 0 Å². The van der Waals surface area contributed by atoms with Crippen molar-refractivity contribution < 1.29 is 0 Å². The Labute approximate surface area is 133 Å². The molecule has 1 fully saturated rings. The summed E-state index contributed by atoms with van der Waals surface area (Å²) in [5, 5.41) is 8.84. The molecule has 0 saturated carbocycles. The molecule has 0 atom stereocenters. The fourth-order valence-corrected chi connectivity index (χ4v) is 2.83. The number of piperazine rings is 1. The molecule has 4 heteroatoms. The third kappa shape index (κ3) is 4.44. The van der Waals surface area contributed by atoms with Crippen LogP contribution < -0.4 is 4.90 Å². The minimum Gasteiger partial charge on any atom is -0.368 e. The van der Waals surface area contributed by atoms with Crippen LogP contribution in [0.1, 0.15) is 32.3 Å². The van der Waals surface area contributed by atoms with Gasteiger partial charge in [-0.25, -0.2) is 0 Å². The normalized spacial score (nSPS) is 15.1. The van der Waals surface area contributed by atoms with Crippen LogP contribution in [0.5, 0.6) is 0 Å². The number of rotatable bonds is 4. The quantitative estimate of drug-likeness (QED) is 0.797. The first-order chi connectivity index (χ1) is 10.1. The second-order valence-corrected chi connectivity index (χ2v) is 6.43. The second kappa shape index (κ2) is 7.42. The summed E-state index contributed by atoms with van der Waals surface area (Å²) in [5.74, 6) is 0.711. The predicted molar refractivity (Wildman–Crippen MR) is 91.6 cm³/mol. The number of anilines is 1. The molecule has 0 aliphatic carbocycles. The third-order valence-corrected chi connectivity index (χ3v) is 4.39. The molecule has 0 radical (unpaired) electrons. The van der Waals surface area contributed by atoms with Gasteiger partial charge in [0.05, 0.1) is 16.6 Å². The van der Waals surface area contributed by atoms with Crippen LogP contribution in [0.15, 0.2) is 24.3 Å². The lowest BCUT2D eigenvalue weighted by Gasteiger charge is -2.37. The van der Waals surface area contributed by atoms with E-state index in [1.807, 2.05) is 24.3 Å². The fraction of sp³-hybridized carbons (Fsp3) is 0.529. The number of hydrogen-bond donors (Lipinski definition) is 0. The van der Waals surface area contributed by atoms with Gasteiger partial charge in [-0.05, 0) is 43.0 Å². The van der Waals surface area contributed by atoms with Crippen LogP contribution in [0.25, 0.3) is 0 Å². The topological polar surface area (TPSA) is 30.3 Å². The standard InChI is InChI=1S/C17H23N3S/c1-14(2)3-8-17(21)20-11-9-19(10-12-20)16-6-4-15(13-18)5-7-16/h4-7,14H,3,8-12H2,1-2H3. The summed E-state index contributed by atoms with van der Waals surface area (Å²) in [7, 11) is 0. The summed E-state index contributed by atoms with van der Waals surface area (Å²) >= 11 is 5.55. The van der Waals surface area contributed by atoms with Crippen LogP contribution in [-0.2, 0) is 0 Å². The first-order valence-corrected chi connectivity index (χ1v) is 8.04. The van der Waals surface area contributed by atoms with Crippen LogP contribution in [-0.4, -0.2) is 36.1 Å². The van der Waals surface area contributed by atoms with E-state index < -0.39 is 0 Å². The summed E-state index contributed by atoms with van der Waals surface area (Å²) in [4.78, 5) is 5.82. The van der Waals surface area contributed by atoms with Crippen molar-refractivity contribution in [3.63, 3.8) is 0 Å². The highest BCUT2D eigenvalue weighted by molar-refractivity contribution is 7.80. The smallest absolute Gasteiger partial charge is 0.0991 e. The molecule has 1 heterocycles. The lowest BCUT2D eigenvalue weighted by atomic mass is 10.1. The zero-order valence-corrected chi connectivity index (χ0v) is 13.7. The van der Waals surface area contributed by atoms with E-state index in [1.165, 1.54) is 12.1 Å². The number of nitriles is 1. The van der Waals surface area contributed by atoms with E-state index in [9.17, 15) is 0 Å². The lowest BCUT2D eigenvalue weighted by molar-refractivity contribution is 0.382. The molecule has 0 aromatic heterocycles. The Hall–Kier alpha value is -1.60. The van der Waals surface area contributed by atoms with Crippen molar-refractivity contribution in [1.29, 1.82) is 5.26 Å². The van der Waals surface area contributed by atoms with Crippen molar-refractivity contribution in [2.75, 3.05) is 31.1 Å². The molecule has 0 bridgehead atoms. The Balaban J connectivity index is 1.85. The monoisotopic (exact) mass is 301 g/mol. The van der Waals surface area contributed by atoms with Crippen LogP contribution >= 0.6 is 12.2 Å². The highest BCUT2D eigenvalue weighted by Crippen LogP contribution is 2.18. The Bertz CT molecular complexity index is 508. The molecule has 1 aliphatic rings. The van der Waals surface area contributed by atoms with E-state index in [0.717, 1.165) is 37.6 Å². The zero-order valence-electron chi connectivity index (χ0n) is 12.9. The average Bonchev–Trinajstić information content (AvgIpc) is 2.53. The van der Waals surface area contributed by atoms with Gasteiger partial charge in [0.25, 0.3) is 0 Å². The first kappa shape index (κ1) is 15.8. The molecule has 0 unspecified atom stereocenters. The van der Waals surface area contributed by atoms with E-state index >= 15 is 0 Å². The molecular formula is C17H23N3S. The molecule has 0 spiro atoms. The van der Waals surface area contributed by atoms with Gasteiger partial charge in [-0.3, -0.25) is 0 Å². The van der Waals surface area contributed by atoms with Gasteiger partial charge in [0.2, 0.25) is 0 Å². The molecule has 1 saturated heterocycles. The molecular weight excluding hydrogens is 278 g/mol. The van der Waals surface area contributed by atoms with Crippen LogP contribution in [0.4, 0.5) is 5.69 Å². The van der Waals surface area contributed by atoms with Gasteiger partial charge in [0, 0.05) is 31.9 Å². The Morgan fingerprint density at radius 3 is 2.33 bits per heavy atom. The fourth-order valence-electron chi connectivity index (χ4n) is 2.53. The Morgan fingerprint density at radius 1 is 1.19 bits per heavy atom. The Kier molecular flexibility index (Phi) is 5.58. The maximum atomic E-state index is 8.84. The molecule has 21 heavy (non-hydrogen) atoms. The average molecular weight is 301 g/mol. The van der Waals surface area contributed by atoms with Crippen molar-refractivity contribution in [3.8, 4) is 6.07 Å². The van der Waals surface area contributed by atoms with Gasteiger partial charge in [-0.2, -0.15) is 5.26 Å². The number of nitrogens with zero attached hydrogens (tertiary/aromatic N) is 3. The number of hydrogen-bond acceptors (Lipinski definition) is 3. The van der Waals surface area contributed by atoms with Crippen molar-refractivity contribution in [2.45, 2.75) is 26.7 Å². The number of thiocarbonyl (C=S) groups is 1. The highest BCUT2D eigenvalue weighted by Gasteiger charge is 2.19. The summed E-state index contributed by atoms with van der Waals surface area (Å²) in [6.45, 7) is 8.46.